The highest BCUT2D eigenvalue weighted by atomic mass is 35.5. The zero-order valence-corrected chi connectivity index (χ0v) is 14.3. The van der Waals surface area contributed by atoms with Crippen LogP contribution in [0.5, 0.6) is 5.75 Å². The number of halogens is 1. The molecular weight excluding hydrogens is 310 g/mol. The maximum Gasteiger partial charge on any atom is 0.119 e. The first kappa shape index (κ1) is 17.7. The maximum absolute atomic E-state index is 5.51. The summed E-state index contributed by atoms with van der Waals surface area (Å²) in [6.07, 6.45) is 3.75. The topological polar surface area (TPSA) is 37.4 Å². The molecule has 1 N–H and O–H groups in total. The minimum Gasteiger partial charge on any atom is -0.494 e. The van der Waals surface area contributed by atoms with Gasteiger partial charge in [-0.1, -0.05) is 12.1 Å². The minimum atomic E-state index is 0. The second-order valence-corrected chi connectivity index (χ2v) is 5.55. The molecule has 23 heavy (non-hydrogen) atoms. The number of hydrogen-bond acceptors (Lipinski definition) is 4. The fraction of sp³-hybridized carbons (Fsp3) is 0.389. The van der Waals surface area contributed by atoms with Gasteiger partial charge in [0.25, 0.3) is 0 Å². The number of aromatic nitrogens is 1. The fourth-order valence-electron chi connectivity index (χ4n) is 2.94. The number of piperazine rings is 1. The van der Waals surface area contributed by atoms with E-state index >= 15 is 0 Å². The molecule has 0 bridgehead atoms. The van der Waals surface area contributed by atoms with Crippen molar-refractivity contribution >= 4 is 12.4 Å². The summed E-state index contributed by atoms with van der Waals surface area (Å²) in [6, 6.07) is 13.1. The van der Waals surface area contributed by atoms with Crippen LogP contribution in [-0.4, -0.2) is 36.1 Å². The lowest BCUT2D eigenvalue weighted by atomic mass is 10.0. The van der Waals surface area contributed by atoms with Crippen LogP contribution >= 0.6 is 12.4 Å². The molecule has 0 radical (unpaired) electrons. The summed E-state index contributed by atoms with van der Waals surface area (Å²) in [5.74, 6) is 0.942. The van der Waals surface area contributed by atoms with E-state index in [1.165, 1.54) is 11.1 Å². The van der Waals surface area contributed by atoms with Gasteiger partial charge in [-0.3, -0.25) is 9.88 Å². The average Bonchev–Trinajstić information content (AvgIpc) is 2.58. The molecule has 0 amide bonds. The Morgan fingerprint density at radius 2 is 1.91 bits per heavy atom. The summed E-state index contributed by atoms with van der Waals surface area (Å²) in [5.41, 5.74) is 2.65. The lowest BCUT2D eigenvalue weighted by Crippen LogP contribution is -2.45. The van der Waals surface area contributed by atoms with Gasteiger partial charge in [0.15, 0.2) is 0 Å². The van der Waals surface area contributed by atoms with Crippen LogP contribution < -0.4 is 10.1 Å². The molecule has 1 aliphatic heterocycles. The Morgan fingerprint density at radius 3 is 2.61 bits per heavy atom. The lowest BCUT2D eigenvalue weighted by molar-refractivity contribution is 0.153. The molecule has 3 rings (SSSR count). The van der Waals surface area contributed by atoms with E-state index in [1.807, 2.05) is 19.3 Å². The Labute approximate surface area is 144 Å². The van der Waals surface area contributed by atoms with Gasteiger partial charge in [0.2, 0.25) is 0 Å². The summed E-state index contributed by atoms with van der Waals surface area (Å²) in [6.45, 7) is 6.76. The molecule has 1 saturated heterocycles. The van der Waals surface area contributed by atoms with Crippen molar-refractivity contribution in [2.75, 3.05) is 26.2 Å². The van der Waals surface area contributed by atoms with E-state index in [0.29, 0.717) is 12.6 Å². The monoisotopic (exact) mass is 333 g/mol. The molecule has 1 atom stereocenters. The number of nitrogens with one attached hydrogen (secondary N) is 1. The van der Waals surface area contributed by atoms with Gasteiger partial charge in [-0.05, 0) is 42.3 Å². The fourth-order valence-corrected chi connectivity index (χ4v) is 2.94. The zero-order chi connectivity index (χ0) is 15.2. The van der Waals surface area contributed by atoms with E-state index in [4.69, 9.17) is 4.74 Å². The summed E-state index contributed by atoms with van der Waals surface area (Å²) in [5, 5.41) is 3.49. The van der Waals surface area contributed by atoms with Crippen molar-refractivity contribution < 1.29 is 4.74 Å². The van der Waals surface area contributed by atoms with E-state index in [1.54, 1.807) is 0 Å². The van der Waals surface area contributed by atoms with Gasteiger partial charge < -0.3 is 10.1 Å². The maximum atomic E-state index is 5.51. The third-order valence-corrected chi connectivity index (χ3v) is 4.07. The number of ether oxygens (including phenoxy) is 1. The van der Waals surface area contributed by atoms with Gasteiger partial charge in [-0.2, -0.15) is 0 Å². The highest BCUT2D eigenvalue weighted by molar-refractivity contribution is 5.85. The Balaban J connectivity index is 0.00000192. The third-order valence-electron chi connectivity index (χ3n) is 4.07. The first-order chi connectivity index (χ1) is 10.9. The Hall–Kier alpha value is -1.62. The van der Waals surface area contributed by atoms with Crippen LogP contribution in [0.4, 0.5) is 0 Å². The van der Waals surface area contributed by atoms with Gasteiger partial charge >= 0.3 is 0 Å². The molecule has 5 heteroatoms. The van der Waals surface area contributed by atoms with E-state index in [9.17, 15) is 0 Å². The van der Waals surface area contributed by atoms with Crippen LogP contribution in [0.2, 0.25) is 0 Å². The van der Waals surface area contributed by atoms with Gasteiger partial charge in [-0.15, -0.1) is 12.4 Å². The molecule has 1 aliphatic rings. The molecule has 4 nitrogen and oxygen atoms in total. The first-order valence-corrected chi connectivity index (χ1v) is 7.93. The van der Waals surface area contributed by atoms with E-state index < -0.39 is 0 Å². The van der Waals surface area contributed by atoms with Gasteiger partial charge in [0, 0.05) is 44.6 Å². The highest BCUT2D eigenvalue weighted by Gasteiger charge is 2.23. The predicted molar refractivity (Wildman–Crippen MR) is 95.1 cm³/mol. The molecule has 0 aliphatic carbocycles. The van der Waals surface area contributed by atoms with Crippen molar-refractivity contribution in [3.8, 4) is 5.75 Å². The third kappa shape index (κ3) is 4.67. The predicted octanol–water partition coefficient (Wildman–Crippen LogP) is 3.05. The first-order valence-electron chi connectivity index (χ1n) is 7.93. The lowest BCUT2D eigenvalue weighted by Gasteiger charge is -2.36. The molecule has 1 aromatic heterocycles. The SMILES string of the molecule is CCOc1ccc(CN2CCNCC2c2ccncc2)cc1.Cl. The molecule has 1 unspecified atom stereocenters. The number of nitrogens with zero attached hydrogens (tertiary/aromatic N) is 2. The van der Waals surface area contributed by atoms with Crippen molar-refractivity contribution in [3.63, 3.8) is 0 Å². The van der Waals surface area contributed by atoms with Crippen molar-refractivity contribution in [2.24, 2.45) is 0 Å². The largest absolute Gasteiger partial charge is 0.494 e. The van der Waals surface area contributed by atoms with Crippen molar-refractivity contribution in [2.45, 2.75) is 19.5 Å². The normalized spacial score (nSPS) is 18.2. The Bertz CT molecular complexity index is 577. The summed E-state index contributed by atoms with van der Waals surface area (Å²) in [7, 11) is 0. The van der Waals surface area contributed by atoms with Gasteiger partial charge in [-0.25, -0.2) is 0 Å². The van der Waals surface area contributed by atoms with Crippen molar-refractivity contribution in [3.05, 3.63) is 59.9 Å². The number of hydrogen-bond donors (Lipinski definition) is 1. The number of rotatable bonds is 5. The standard InChI is InChI=1S/C18H23N3O.ClH/c1-2-22-17-5-3-15(4-6-17)14-21-12-11-20-13-18(21)16-7-9-19-10-8-16;/h3-10,18,20H,2,11-14H2,1H3;1H. The quantitative estimate of drug-likeness (QED) is 0.912. The van der Waals surface area contributed by atoms with Crippen LogP contribution in [0.3, 0.4) is 0 Å². The molecule has 2 aromatic rings. The zero-order valence-electron chi connectivity index (χ0n) is 13.4. The van der Waals surface area contributed by atoms with E-state index in [0.717, 1.165) is 31.9 Å². The van der Waals surface area contributed by atoms with Crippen LogP contribution in [0.1, 0.15) is 24.1 Å². The molecule has 1 fully saturated rings. The number of benzene rings is 1. The smallest absolute Gasteiger partial charge is 0.119 e. The average molecular weight is 334 g/mol. The second-order valence-electron chi connectivity index (χ2n) is 5.55. The van der Waals surface area contributed by atoms with Crippen LogP contribution in [-0.2, 0) is 6.54 Å². The van der Waals surface area contributed by atoms with E-state index in [2.05, 4.69) is 51.6 Å². The molecular formula is C18H24ClN3O. The summed E-state index contributed by atoms with van der Waals surface area (Å²) >= 11 is 0. The van der Waals surface area contributed by atoms with Crippen LogP contribution in [0.15, 0.2) is 48.8 Å². The van der Waals surface area contributed by atoms with Crippen molar-refractivity contribution in [1.82, 2.24) is 15.2 Å². The highest BCUT2D eigenvalue weighted by Crippen LogP contribution is 2.24. The van der Waals surface area contributed by atoms with Gasteiger partial charge in [0.1, 0.15) is 5.75 Å². The van der Waals surface area contributed by atoms with Gasteiger partial charge in [0.05, 0.1) is 6.61 Å². The molecule has 2 heterocycles. The molecule has 1 aromatic carbocycles. The number of pyridine rings is 1. The van der Waals surface area contributed by atoms with Crippen LogP contribution in [0.25, 0.3) is 0 Å². The summed E-state index contributed by atoms with van der Waals surface area (Å²) < 4.78 is 5.51. The Morgan fingerprint density at radius 1 is 1.17 bits per heavy atom. The van der Waals surface area contributed by atoms with Crippen molar-refractivity contribution in [1.29, 1.82) is 0 Å². The second kappa shape index (κ2) is 8.87. The van der Waals surface area contributed by atoms with E-state index in [-0.39, 0.29) is 12.4 Å². The Kier molecular flexibility index (Phi) is 6.84. The van der Waals surface area contributed by atoms with Crippen LogP contribution in [0, 0.1) is 0 Å². The minimum absolute atomic E-state index is 0. The summed E-state index contributed by atoms with van der Waals surface area (Å²) in [4.78, 5) is 6.65. The molecule has 124 valence electrons. The molecule has 0 saturated carbocycles. The molecule has 0 spiro atoms.